The molecule has 0 spiro atoms. The first-order chi connectivity index (χ1) is 11.0. The molecule has 0 heterocycles. The number of rotatable bonds is 6. The van der Waals surface area contributed by atoms with E-state index in [0.717, 1.165) is 18.5 Å². The van der Waals surface area contributed by atoms with Gasteiger partial charge in [0, 0.05) is 12.2 Å². The van der Waals surface area contributed by atoms with E-state index >= 15 is 0 Å². The summed E-state index contributed by atoms with van der Waals surface area (Å²) in [7, 11) is 0. The summed E-state index contributed by atoms with van der Waals surface area (Å²) >= 11 is 0. The lowest BCUT2D eigenvalue weighted by atomic mass is 10.0. The van der Waals surface area contributed by atoms with E-state index in [-0.39, 0.29) is 24.0 Å². The van der Waals surface area contributed by atoms with E-state index in [0.29, 0.717) is 24.2 Å². The molecule has 0 aliphatic rings. The number of phenols is 1. The van der Waals surface area contributed by atoms with Gasteiger partial charge < -0.3 is 16.2 Å². The van der Waals surface area contributed by atoms with Crippen molar-refractivity contribution < 1.29 is 5.11 Å². The van der Waals surface area contributed by atoms with Crippen molar-refractivity contribution in [2.45, 2.75) is 32.6 Å². The van der Waals surface area contributed by atoms with Crippen LogP contribution in [0.4, 0.5) is 5.69 Å². The lowest BCUT2D eigenvalue weighted by Gasteiger charge is -2.10. The molecule has 0 aromatic heterocycles. The van der Waals surface area contributed by atoms with Gasteiger partial charge in [0.05, 0.1) is 0 Å². The van der Waals surface area contributed by atoms with Gasteiger partial charge in [-0.15, -0.1) is 24.0 Å². The fraction of sp³-hybridized carbons (Fsp3) is 0.316. The zero-order valence-electron chi connectivity index (χ0n) is 14.2. The number of phenolic OH excluding ortho intramolecular Hbond substituents is 1. The highest BCUT2D eigenvalue weighted by Gasteiger charge is 2.01. The Kier molecular flexibility index (Phi) is 8.60. The normalized spacial score (nSPS) is 11.2. The van der Waals surface area contributed by atoms with E-state index in [2.05, 4.69) is 36.3 Å². The van der Waals surface area contributed by atoms with Crippen molar-refractivity contribution in [3.8, 4) is 5.75 Å². The average Bonchev–Trinajstić information content (AvgIpc) is 2.53. The van der Waals surface area contributed by atoms with Gasteiger partial charge in [0.2, 0.25) is 0 Å². The molecule has 130 valence electrons. The second kappa shape index (κ2) is 10.2. The van der Waals surface area contributed by atoms with Gasteiger partial charge in [0.15, 0.2) is 5.96 Å². The van der Waals surface area contributed by atoms with Crippen LogP contribution in [0.15, 0.2) is 53.5 Å². The van der Waals surface area contributed by atoms with Crippen molar-refractivity contribution in [2.24, 2.45) is 10.7 Å². The molecule has 0 bridgehead atoms. The quantitative estimate of drug-likeness (QED) is 0.269. The molecule has 0 unspecified atom stereocenters. The van der Waals surface area contributed by atoms with Crippen molar-refractivity contribution in [3.05, 3.63) is 59.7 Å². The van der Waals surface area contributed by atoms with Gasteiger partial charge in [-0.05, 0) is 54.2 Å². The predicted molar refractivity (Wildman–Crippen MR) is 112 cm³/mol. The molecule has 0 aliphatic heterocycles. The maximum atomic E-state index is 9.25. The predicted octanol–water partition coefficient (Wildman–Crippen LogP) is 4.49. The molecular weight excluding hydrogens is 413 g/mol. The molecule has 0 radical (unpaired) electrons. The largest absolute Gasteiger partial charge is 0.508 e. The van der Waals surface area contributed by atoms with Crippen LogP contribution in [0.2, 0.25) is 0 Å². The number of aromatic hydroxyl groups is 1. The van der Waals surface area contributed by atoms with Crippen LogP contribution in [0, 0.1) is 0 Å². The number of anilines is 1. The molecule has 0 amide bonds. The third-order valence-electron chi connectivity index (χ3n) is 3.67. The molecule has 2 aromatic carbocycles. The van der Waals surface area contributed by atoms with Gasteiger partial charge >= 0.3 is 0 Å². The summed E-state index contributed by atoms with van der Waals surface area (Å²) < 4.78 is 0. The summed E-state index contributed by atoms with van der Waals surface area (Å²) in [6.07, 6.45) is 1.83. The number of nitrogens with two attached hydrogens (primary N) is 1. The average molecular weight is 439 g/mol. The van der Waals surface area contributed by atoms with Crippen LogP contribution in [0.5, 0.6) is 5.75 Å². The van der Waals surface area contributed by atoms with Crippen molar-refractivity contribution in [3.63, 3.8) is 0 Å². The Bertz CT molecular complexity index is 654. The molecule has 0 saturated carbocycles. The first-order valence-corrected chi connectivity index (χ1v) is 7.99. The number of aliphatic imine (C=N–C) groups is 1. The topological polar surface area (TPSA) is 70.6 Å². The minimum atomic E-state index is 0. The van der Waals surface area contributed by atoms with E-state index in [4.69, 9.17) is 5.73 Å². The van der Waals surface area contributed by atoms with Gasteiger partial charge in [0.25, 0.3) is 0 Å². The molecule has 0 fully saturated rings. The van der Waals surface area contributed by atoms with Crippen molar-refractivity contribution in [1.82, 2.24) is 0 Å². The second-order valence-corrected chi connectivity index (χ2v) is 5.94. The molecule has 24 heavy (non-hydrogen) atoms. The van der Waals surface area contributed by atoms with Gasteiger partial charge in [-0.25, -0.2) is 0 Å². The number of nitrogens with one attached hydrogen (secondary N) is 1. The Morgan fingerprint density at radius 2 is 1.88 bits per heavy atom. The minimum Gasteiger partial charge on any atom is -0.508 e. The maximum absolute atomic E-state index is 9.25. The molecule has 0 saturated heterocycles. The molecule has 4 N–H and O–H groups in total. The van der Waals surface area contributed by atoms with Crippen LogP contribution in [-0.2, 0) is 6.42 Å². The summed E-state index contributed by atoms with van der Waals surface area (Å²) in [6, 6.07) is 15.5. The van der Waals surface area contributed by atoms with Crippen LogP contribution in [0.1, 0.15) is 37.3 Å². The van der Waals surface area contributed by atoms with E-state index in [9.17, 15) is 5.11 Å². The number of halogens is 1. The molecule has 0 atom stereocenters. The van der Waals surface area contributed by atoms with E-state index in [1.54, 1.807) is 12.1 Å². The summed E-state index contributed by atoms with van der Waals surface area (Å²) in [5.41, 5.74) is 9.37. The number of aryl methyl sites for hydroxylation is 1. The number of guanidine groups is 1. The Morgan fingerprint density at radius 1 is 1.17 bits per heavy atom. The molecular formula is C19H26IN3O. The number of hydrogen-bond donors (Lipinski definition) is 3. The number of hydrogen-bond acceptors (Lipinski definition) is 2. The van der Waals surface area contributed by atoms with Crippen molar-refractivity contribution >= 4 is 35.6 Å². The van der Waals surface area contributed by atoms with Crippen molar-refractivity contribution in [1.29, 1.82) is 0 Å². The van der Waals surface area contributed by atoms with Gasteiger partial charge in [0.1, 0.15) is 5.75 Å². The van der Waals surface area contributed by atoms with Crippen LogP contribution < -0.4 is 11.1 Å². The summed E-state index contributed by atoms with van der Waals surface area (Å²) in [5, 5.41) is 12.4. The van der Waals surface area contributed by atoms with Gasteiger partial charge in [-0.1, -0.05) is 38.1 Å². The molecule has 2 aromatic rings. The first kappa shape index (κ1) is 20.3. The Hall–Kier alpha value is -1.76. The molecule has 0 aliphatic carbocycles. The third-order valence-corrected chi connectivity index (χ3v) is 3.67. The molecule has 2 rings (SSSR count). The fourth-order valence-electron chi connectivity index (χ4n) is 2.31. The smallest absolute Gasteiger partial charge is 0.193 e. The number of nitrogens with zero attached hydrogens (tertiary/aromatic N) is 1. The van der Waals surface area contributed by atoms with Crippen molar-refractivity contribution in [2.75, 3.05) is 11.9 Å². The summed E-state index contributed by atoms with van der Waals surface area (Å²) in [4.78, 5) is 4.36. The lowest BCUT2D eigenvalue weighted by Crippen LogP contribution is -2.23. The van der Waals surface area contributed by atoms with Crippen LogP contribution in [-0.4, -0.2) is 17.6 Å². The lowest BCUT2D eigenvalue weighted by molar-refractivity contribution is 0.475. The first-order valence-electron chi connectivity index (χ1n) is 7.99. The fourth-order valence-corrected chi connectivity index (χ4v) is 2.31. The van der Waals surface area contributed by atoms with E-state index in [1.165, 1.54) is 11.1 Å². The SMILES string of the molecule is CC(C)c1cccc(NC(N)=NCCCc2ccc(O)cc2)c1.I. The Balaban J connectivity index is 0.00000288. The van der Waals surface area contributed by atoms with Crippen LogP contribution in [0.25, 0.3) is 0 Å². The zero-order chi connectivity index (χ0) is 16.7. The second-order valence-electron chi connectivity index (χ2n) is 5.94. The zero-order valence-corrected chi connectivity index (χ0v) is 16.5. The Labute approximate surface area is 161 Å². The van der Waals surface area contributed by atoms with Gasteiger partial charge in [-0.2, -0.15) is 0 Å². The number of benzene rings is 2. The highest BCUT2D eigenvalue weighted by atomic mass is 127. The highest BCUT2D eigenvalue weighted by Crippen LogP contribution is 2.18. The summed E-state index contributed by atoms with van der Waals surface area (Å²) in [6.45, 7) is 5.00. The summed E-state index contributed by atoms with van der Waals surface area (Å²) in [5.74, 6) is 1.22. The van der Waals surface area contributed by atoms with E-state index < -0.39 is 0 Å². The highest BCUT2D eigenvalue weighted by molar-refractivity contribution is 14.0. The van der Waals surface area contributed by atoms with E-state index in [1.807, 2.05) is 24.3 Å². The monoisotopic (exact) mass is 439 g/mol. The Morgan fingerprint density at radius 3 is 2.54 bits per heavy atom. The van der Waals surface area contributed by atoms with Crippen LogP contribution in [0.3, 0.4) is 0 Å². The standard InChI is InChI=1S/C19H25N3O.HI/c1-14(2)16-6-3-7-17(13-16)22-19(20)21-12-4-5-15-8-10-18(23)11-9-15;/h3,6-11,13-14,23H,4-5,12H2,1-2H3,(H3,20,21,22);1H. The molecule has 5 heteroatoms. The maximum Gasteiger partial charge on any atom is 0.193 e. The molecule has 4 nitrogen and oxygen atoms in total. The third kappa shape index (κ3) is 6.78. The van der Waals surface area contributed by atoms with Gasteiger partial charge in [-0.3, -0.25) is 4.99 Å². The minimum absolute atomic E-state index is 0. The van der Waals surface area contributed by atoms with Crippen LogP contribution >= 0.6 is 24.0 Å².